The molecule has 0 saturated carbocycles. The summed E-state index contributed by atoms with van der Waals surface area (Å²) in [5.41, 5.74) is 0. The first kappa shape index (κ1) is 6.05. The van der Waals surface area contributed by atoms with Gasteiger partial charge in [0, 0.05) is 5.92 Å². The Morgan fingerprint density at radius 2 is 2.38 bits per heavy atom. The monoisotopic (exact) mass is 116 g/mol. The summed E-state index contributed by atoms with van der Waals surface area (Å²) in [4.78, 5) is 0. The van der Waals surface area contributed by atoms with E-state index in [1.165, 1.54) is 0 Å². The summed E-state index contributed by atoms with van der Waals surface area (Å²) in [7, 11) is 0. The molecule has 1 rings (SSSR count). The van der Waals surface area contributed by atoms with Gasteiger partial charge in [-0.3, -0.25) is 0 Å². The Hall–Kier alpha value is -0.0800. The summed E-state index contributed by atoms with van der Waals surface area (Å²) in [6, 6.07) is 0. The number of hydrogen-bond acceptors (Lipinski definition) is 2. The number of hydrogen-bond donors (Lipinski definition) is 1. The average Bonchev–Trinajstić information content (AvgIpc) is 2.14. The van der Waals surface area contributed by atoms with Crippen molar-refractivity contribution in [3.63, 3.8) is 0 Å². The van der Waals surface area contributed by atoms with Gasteiger partial charge in [0.1, 0.15) is 0 Å². The van der Waals surface area contributed by atoms with Crippen molar-refractivity contribution in [3.05, 3.63) is 0 Å². The topological polar surface area (TPSA) is 29.5 Å². The summed E-state index contributed by atoms with van der Waals surface area (Å²) in [6.07, 6.45) is 0.834. The third-order valence-electron chi connectivity index (χ3n) is 1.69. The quantitative estimate of drug-likeness (QED) is 0.537. The Balaban J connectivity index is 2.30. The number of rotatable bonds is 1. The first-order valence-corrected chi connectivity index (χ1v) is 3.10. The molecule has 2 heteroatoms. The van der Waals surface area contributed by atoms with Crippen LogP contribution >= 0.6 is 0 Å². The van der Waals surface area contributed by atoms with Crippen molar-refractivity contribution < 1.29 is 9.84 Å². The molecular formula is C6H12O2. The molecular weight excluding hydrogens is 104 g/mol. The van der Waals surface area contributed by atoms with E-state index in [0.717, 1.165) is 13.0 Å². The molecule has 2 atom stereocenters. The van der Waals surface area contributed by atoms with Crippen LogP contribution in [0.1, 0.15) is 13.3 Å². The molecule has 0 unspecified atom stereocenters. The summed E-state index contributed by atoms with van der Waals surface area (Å²) in [6.45, 7) is 3.36. The first-order chi connectivity index (χ1) is 3.84. The van der Waals surface area contributed by atoms with E-state index in [4.69, 9.17) is 9.84 Å². The van der Waals surface area contributed by atoms with E-state index in [1.807, 2.05) is 0 Å². The van der Waals surface area contributed by atoms with Crippen LogP contribution in [0.15, 0.2) is 0 Å². The second-order valence-electron chi connectivity index (χ2n) is 2.27. The van der Waals surface area contributed by atoms with Crippen LogP contribution < -0.4 is 0 Å². The zero-order valence-electron chi connectivity index (χ0n) is 5.13. The molecule has 1 saturated heterocycles. The average molecular weight is 116 g/mol. The van der Waals surface area contributed by atoms with E-state index < -0.39 is 0 Å². The first-order valence-electron chi connectivity index (χ1n) is 3.10. The van der Waals surface area contributed by atoms with Crippen molar-refractivity contribution in [1.82, 2.24) is 0 Å². The molecule has 48 valence electrons. The van der Waals surface area contributed by atoms with Crippen LogP contribution in [0.25, 0.3) is 0 Å². The number of aliphatic hydroxyl groups excluding tert-OH is 1. The highest BCUT2D eigenvalue weighted by Crippen LogP contribution is 2.15. The SMILES string of the molecule is CC[C@H]1COC[C@@H]1O. The Labute approximate surface area is 49.5 Å². The number of ether oxygens (including phenoxy) is 1. The fraction of sp³-hybridized carbons (Fsp3) is 1.00. The predicted molar refractivity (Wildman–Crippen MR) is 30.6 cm³/mol. The Morgan fingerprint density at radius 1 is 1.62 bits per heavy atom. The lowest BCUT2D eigenvalue weighted by Gasteiger charge is -2.06. The molecule has 0 amide bonds. The minimum atomic E-state index is -0.194. The van der Waals surface area contributed by atoms with Gasteiger partial charge in [-0.15, -0.1) is 0 Å². The fourth-order valence-electron chi connectivity index (χ4n) is 0.977. The Bertz CT molecular complexity index is 72.9. The van der Waals surface area contributed by atoms with Gasteiger partial charge in [-0.2, -0.15) is 0 Å². The summed E-state index contributed by atoms with van der Waals surface area (Å²) >= 11 is 0. The lowest BCUT2D eigenvalue weighted by molar-refractivity contribution is 0.118. The van der Waals surface area contributed by atoms with E-state index in [0.29, 0.717) is 12.5 Å². The van der Waals surface area contributed by atoms with Crippen molar-refractivity contribution in [2.24, 2.45) is 5.92 Å². The van der Waals surface area contributed by atoms with Crippen molar-refractivity contribution in [2.45, 2.75) is 19.4 Å². The van der Waals surface area contributed by atoms with Crippen LogP contribution in [0.2, 0.25) is 0 Å². The highest BCUT2D eigenvalue weighted by molar-refractivity contribution is 4.71. The Morgan fingerprint density at radius 3 is 2.62 bits per heavy atom. The lowest BCUT2D eigenvalue weighted by Crippen LogP contribution is -2.16. The highest BCUT2D eigenvalue weighted by Gasteiger charge is 2.23. The minimum absolute atomic E-state index is 0.194. The molecule has 1 aliphatic heterocycles. The second-order valence-corrected chi connectivity index (χ2v) is 2.27. The third-order valence-corrected chi connectivity index (χ3v) is 1.69. The van der Waals surface area contributed by atoms with Crippen LogP contribution in [0.3, 0.4) is 0 Å². The zero-order chi connectivity index (χ0) is 5.98. The molecule has 1 fully saturated rings. The van der Waals surface area contributed by atoms with Gasteiger partial charge < -0.3 is 9.84 Å². The smallest absolute Gasteiger partial charge is 0.0823 e. The molecule has 2 nitrogen and oxygen atoms in total. The zero-order valence-corrected chi connectivity index (χ0v) is 5.13. The molecule has 0 aromatic rings. The molecule has 0 spiro atoms. The normalized spacial score (nSPS) is 38.2. The van der Waals surface area contributed by atoms with Gasteiger partial charge in [0.25, 0.3) is 0 Å². The van der Waals surface area contributed by atoms with Gasteiger partial charge in [0.2, 0.25) is 0 Å². The van der Waals surface area contributed by atoms with E-state index >= 15 is 0 Å². The summed E-state index contributed by atoms with van der Waals surface area (Å²) < 4.78 is 5.01. The van der Waals surface area contributed by atoms with Gasteiger partial charge >= 0.3 is 0 Å². The van der Waals surface area contributed by atoms with Gasteiger partial charge in [0.15, 0.2) is 0 Å². The molecule has 1 N–H and O–H groups in total. The maximum atomic E-state index is 9.06. The van der Waals surface area contributed by atoms with Crippen molar-refractivity contribution in [3.8, 4) is 0 Å². The fourth-order valence-corrected chi connectivity index (χ4v) is 0.977. The maximum absolute atomic E-state index is 9.06. The molecule has 8 heavy (non-hydrogen) atoms. The van der Waals surface area contributed by atoms with E-state index in [9.17, 15) is 0 Å². The third kappa shape index (κ3) is 1.01. The summed E-state index contributed by atoms with van der Waals surface area (Å²) in [5.74, 6) is 0.398. The second kappa shape index (κ2) is 2.46. The molecule has 1 aliphatic rings. The molecule has 0 aromatic carbocycles. The van der Waals surface area contributed by atoms with Gasteiger partial charge in [0.05, 0.1) is 19.3 Å². The maximum Gasteiger partial charge on any atom is 0.0823 e. The van der Waals surface area contributed by atoms with Crippen LogP contribution in [-0.2, 0) is 4.74 Å². The van der Waals surface area contributed by atoms with E-state index in [2.05, 4.69) is 6.92 Å². The van der Waals surface area contributed by atoms with Crippen molar-refractivity contribution in [1.29, 1.82) is 0 Å². The molecule has 0 bridgehead atoms. The van der Waals surface area contributed by atoms with E-state index in [1.54, 1.807) is 0 Å². The van der Waals surface area contributed by atoms with Gasteiger partial charge in [-0.05, 0) is 6.42 Å². The minimum Gasteiger partial charge on any atom is -0.390 e. The molecule has 0 radical (unpaired) electrons. The van der Waals surface area contributed by atoms with Crippen molar-refractivity contribution in [2.75, 3.05) is 13.2 Å². The van der Waals surface area contributed by atoms with Crippen LogP contribution in [0.5, 0.6) is 0 Å². The largest absolute Gasteiger partial charge is 0.390 e. The Kier molecular flexibility index (Phi) is 1.86. The van der Waals surface area contributed by atoms with Crippen LogP contribution in [0.4, 0.5) is 0 Å². The lowest BCUT2D eigenvalue weighted by atomic mass is 10.0. The van der Waals surface area contributed by atoms with Gasteiger partial charge in [-0.1, -0.05) is 6.92 Å². The molecule has 0 aromatic heterocycles. The standard InChI is InChI=1S/C6H12O2/c1-2-5-3-8-4-6(5)7/h5-7H,2-4H2,1H3/t5-,6-/m0/s1. The van der Waals surface area contributed by atoms with Crippen LogP contribution in [-0.4, -0.2) is 24.4 Å². The van der Waals surface area contributed by atoms with Crippen molar-refractivity contribution >= 4 is 0 Å². The highest BCUT2D eigenvalue weighted by atomic mass is 16.5. The molecule has 1 heterocycles. The summed E-state index contributed by atoms with van der Waals surface area (Å²) in [5, 5.41) is 9.06. The molecule has 0 aliphatic carbocycles. The number of aliphatic hydroxyl groups is 1. The van der Waals surface area contributed by atoms with Gasteiger partial charge in [-0.25, -0.2) is 0 Å². The van der Waals surface area contributed by atoms with E-state index in [-0.39, 0.29) is 6.10 Å². The predicted octanol–water partition coefficient (Wildman–Crippen LogP) is 0.404. The van der Waals surface area contributed by atoms with Crippen LogP contribution in [0, 0.1) is 5.92 Å².